The number of rotatable bonds is 9. The van der Waals surface area contributed by atoms with Gasteiger partial charge in [-0.1, -0.05) is 24.3 Å². The van der Waals surface area contributed by atoms with E-state index in [1.807, 2.05) is 44.2 Å². The van der Waals surface area contributed by atoms with E-state index in [0.29, 0.717) is 47.8 Å². The van der Waals surface area contributed by atoms with Crippen LogP contribution in [-0.2, 0) is 6.54 Å². The third-order valence-corrected chi connectivity index (χ3v) is 7.42. The molecule has 0 aliphatic carbocycles. The summed E-state index contributed by atoms with van der Waals surface area (Å²) in [4.78, 5) is 29.3. The van der Waals surface area contributed by atoms with Crippen LogP contribution in [0.25, 0.3) is 4.85 Å². The number of likely N-dealkylation sites (tertiary alicyclic amines) is 1. The number of piperidine rings is 1. The van der Waals surface area contributed by atoms with Gasteiger partial charge >= 0.3 is 0 Å². The molecule has 0 saturated carbocycles. The Morgan fingerprint density at radius 2 is 1.84 bits per heavy atom. The fourth-order valence-electron chi connectivity index (χ4n) is 5.21. The predicted molar refractivity (Wildman–Crippen MR) is 148 cm³/mol. The van der Waals surface area contributed by atoms with E-state index in [1.54, 1.807) is 12.1 Å². The van der Waals surface area contributed by atoms with E-state index in [-0.39, 0.29) is 11.7 Å². The summed E-state index contributed by atoms with van der Waals surface area (Å²) < 4.78 is 13.9. The van der Waals surface area contributed by atoms with E-state index in [2.05, 4.69) is 36.9 Å². The van der Waals surface area contributed by atoms with Crippen LogP contribution in [0.3, 0.4) is 0 Å². The van der Waals surface area contributed by atoms with Crippen LogP contribution in [0.15, 0.2) is 54.9 Å². The second kappa shape index (κ2) is 12.6. The van der Waals surface area contributed by atoms with Crippen LogP contribution in [0.1, 0.15) is 53.5 Å². The van der Waals surface area contributed by atoms with Crippen LogP contribution >= 0.6 is 0 Å². The Balaban J connectivity index is 1.34. The Bertz CT molecular complexity index is 1260. The van der Waals surface area contributed by atoms with Crippen LogP contribution < -0.4 is 10.2 Å². The number of hydrogen-bond acceptors (Lipinski definition) is 5. The van der Waals surface area contributed by atoms with Crippen molar-refractivity contribution >= 4 is 17.3 Å². The first kappa shape index (κ1) is 27.2. The summed E-state index contributed by atoms with van der Waals surface area (Å²) in [5.74, 6) is -0.351. The van der Waals surface area contributed by atoms with Crippen LogP contribution in [-0.4, -0.2) is 52.5 Å². The lowest BCUT2D eigenvalue weighted by molar-refractivity contribution is 0.0943. The predicted octanol–water partition coefficient (Wildman–Crippen LogP) is 5.46. The van der Waals surface area contributed by atoms with Crippen molar-refractivity contribution in [2.75, 3.05) is 24.5 Å². The van der Waals surface area contributed by atoms with E-state index in [1.165, 1.54) is 12.4 Å². The molecule has 1 N–H and O–H groups in total. The lowest BCUT2D eigenvalue weighted by atomic mass is 9.99. The number of amides is 1. The zero-order valence-corrected chi connectivity index (χ0v) is 22.3. The largest absolute Gasteiger partial charge is 0.364 e. The van der Waals surface area contributed by atoms with Crippen molar-refractivity contribution in [3.63, 3.8) is 0 Å². The molecule has 2 heterocycles. The van der Waals surface area contributed by atoms with Gasteiger partial charge in [-0.2, -0.15) is 0 Å². The van der Waals surface area contributed by atoms with Crippen molar-refractivity contribution in [3.05, 3.63) is 94.6 Å². The van der Waals surface area contributed by atoms with Crippen molar-refractivity contribution in [1.82, 2.24) is 20.2 Å². The maximum absolute atomic E-state index is 13.9. The lowest BCUT2D eigenvalue weighted by Gasteiger charge is -2.42. The first-order valence-corrected chi connectivity index (χ1v) is 13.1. The second-order valence-electron chi connectivity index (χ2n) is 9.97. The highest BCUT2D eigenvalue weighted by molar-refractivity contribution is 5.96. The molecule has 38 heavy (non-hydrogen) atoms. The molecule has 8 heteroatoms. The molecule has 1 fully saturated rings. The smallest absolute Gasteiger partial charge is 0.254 e. The van der Waals surface area contributed by atoms with Gasteiger partial charge in [-0.25, -0.2) is 19.2 Å². The van der Waals surface area contributed by atoms with Gasteiger partial charge in [0.2, 0.25) is 0 Å². The number of nitrogens with one attached hydrogen (secondary N) is 1. The van der Waals surface area contributed by atoms with Gasteiger partial charge in [0.25, 0.3) is 5.91 Å². The number of carbonyl (C=O) groups excluding carboxylic acids is 1. The van der Waals surface area contributed by atoms with Crippen LogP contribution in [0.2, 0.25) is 0 Å². The Morgan fingerprint density at radius 1 is 1.16 bits per heavy atom. The fraction of sp³-hybridized carbons (Fsp3) is 0.400. The molecule has 7 nitrogen and oxygen atoms in total. The highest BCUT2D eigenvalue weighted by atomic mass is 19.1. The molecule has 198 valence electrons. The summed E-state index contributed by atoms with van der Waals surface area (Å²) in [6, 6.07) is 15.1. The summed E-state index contributed by atoms with van der Waals surface area (Å²) in [5.41, 5.74) is 4.53. The molecule has 1 aliphatic heterocycles. The normalized spacial score (nSPS) is 15.0. The summed E-state index contributed by atoms with van der Waals surface area (Å²) >= 11 is 0. The zero-order valence-electron chi connectivity index (χ0n) is 22.3. The third kappa shape index (κ3) is 6.73. The summed E-state index contributed by atoms with van der Waals surface area (Å²) in [7, 11) is 0. The number of anilines is 1. The van der Waals surface area contributed by atoms with Gasteiger partial charge in [-0.3, -0.25) is 4.79 Å². The minimum atomic E-state index is -0.230. The number of hydrogen-bond donors (Lipinski definition) is 1. The van der Waals surface area contributed by atoms with Gasteiger partial charge in [0.1, 0.15) is 12.1 Å². The zero-order chi connectivity index (χ0) is 27.1. The molecule has 1 atom stereocenters. The lowest BCUT2D eigenvalue weighted by Crippen LogP contribution is -2.48. The first-order valence-electron chi connectivity index (χ1n) is 13.1. The minimum Gasteiger partial charge on any atom is -0.364 e. The Morgan fingerprint density at radius 3 is 2.47 bits per heavy atom. The Labute approximate surface area is 224 Å². The number of halogens is 1. The van der Waals surface area contributed by atoms with Crippen molar-refractivity contribution in [2.45, 2.75) is 58.7 Å². The average molecular weight is 515 g/mol. The van der Waals surface area contributed by atoms with Crippen molar-refractivity contribution in [2.24, 2.45) is 0 Å². The molecule has 1 aromatic heterocycles. The molecule has 1 aliphatic rings. The molecule has 1 unspecified atom stereocenters. The molecule has 0 bridgehead atoms. The molecule has 0 radical (unpaired) electrons. The second-order valence-corrected chi connectivity index (χ2v) is 9.97. The van der Waals surface area contributed by atoms with E-state index in [0.717, 1.165) is 43.6 Å². The minimum absolute atomic E-state index is 0.122. The molecular weight excluding hydrogens is 479 g/mol. The quantitative estimate of drug-likeness (QED) is 0.384. The Kier molecular flexibility index (Phi) is 9.03. The van der Waals surface area contributed by atoms with Crippen LogP contribution in [0, 0.1) is 26.2 Å². The molecule has 1 saturated heterocycles. The topological polar surface area (TPSA) is 65.7 Å². The summed E-state index contributed by atoms with van der Waals surface area (Å²) in [6.07, 6.45) is 4.30. The van der Waals surface area contributed by atoms with Gasteiger partial charge in [0.05, 0.1) is 23.5 Å². The van der Waals surface area contributed by atoms with Crippen molar-refractivity contribution < 1.29 is 9.18 Å². The van der Waals surface area contributed by atoms with E-state index in [9.17, 15) is 9.18 Å². The molecule has 3 aromatic rings. The monoisotopic (exact) mass is 514 g/mol. The SMILES string of the molecule is [C-]#[N+]c1ccc(N(Cc2cccc(F)c2)C2CCN(C(C)CCNC(=O)c3c(C)ncnc3C)CC2)cc1. The van der Waals surface area contributed by atoms with E-state index in [4.69, 9.17) is 6.57 Å². The number of nitrogens with zero attached hydrogens (tertiary/aromatic N) is 5. The summed E-state index contributed by atoms with van der Waals surface area (Å²) in [6.45, 7) is 16.2. The Hall–Kier alpha value is -3.83. The van der Waals surface area contributed by atoms with Crippen molar-refractivity contribution in [3.8, 4) is 0 Å². The molecule has 1 amide bonds. The van der Waals surface area contributed by atoms with Crippen molar-refractivity contribution in [1.29, 1.82) is 0 Å². The number of carbonyl (C=O) groups is 1. The maximum atomic E-state index is 13.9. The highest BCUT2D eigenvalue weighted by Gasteiger charge is 2.27. The number of aryl methyl sites for hydroxylation is 2. The van der Waals surface area contributed by atoms with Gasteiger partial charge in [0.15, 0.2) is 5.69 Å². The number of benzene rings is 2. The maximum Gasteiger partial charge on any atom is 0.254 e. The first-order chi connectivity index (χ1) is 18.4. The van der Waals surface area contributed by atoms with E-state index < -0.39 is 0 Å². The average Bonchev–Trinajstić information content (AvgIpc) is 2.92. The molecule has 2 aromatic carbocycles. The van der Waals surface area contributed by atoms with E-state index >= 15 is 0 Å². The van der Waals surface area contributed by atoms with Gasteiger partial charge in [-0.05, 0) is 69.9 Å². The highest BCUT2D eigenvalue weighted by Crippen LogP contribution is 2.28. The summed E-state index contributed by atoms with van der Waals surface area (Å²) in [5, 5.41) is 3.03. The third-order valence-electron chi connectivity index (χ3n) is 7.42. The molecule has 4 rings (SSSR count). The van der Waals surface area contributed by atoms with Crippen LogP contribution in [0.4, 0.5) is 15.8 Å². The fourth-order valence-corrected chi connectivity index (χ4v) is 5.21. The van der Waals surface area contributed by atoms with Gasteiger partial charge in [-0.15, -0.1) is 0 Å². The standard InChI is InChI=1S/C30H35FN6O/c1-21(12-15-33-30(38)29-22(2)34-20-35-23(29)3)36-16-13-28(14-17-36)37(19-24-6-5-7-25(31)18-24)27-10-8-26(32-4)9-11-27/h5-11,18,20-21,28H,12-17,19H2,1-3H3,(H,33,38). The number of aromatic nitrogens is 2. The molecular formula is C30H35FN6O. The van der Waals surface area contributed by atoms with Gasteiger partial charge in [0, 0.05) is 44.0 Å². The molecule has 0 spiro atoms. The van der Waals surface area contributed by atoms with Gasteiger partial charge < -0.3 is 15.1 Å². The van der Waals surface area contributed by atoms with Crippen LogP contribution in [0.5, 0.6) is 0 Å².